The molecule has 22 heavy (non-hydrogen) atoms. The minimum absolute atomic E-state index is 0.0628. The molecule has 6 nitrogen and oxygen atoms in total. The van der Waals surface area contributed by atoms with Crippen LogP contribution in [-0.4, -0.2) is 59.0 Å². The fraction of sp³-hybridized carbons (Fsp3) is 0.600. The van der Waals surface area contributed by atoms with Crippen molar-refractivity contribution in [1.29, 1.82) is 0 Å². The molecular formula is C15H25N2O4P. The van der Waals surface area contributed by atoms with Gasteiger partial charge in [-0.25, -0.2) is 9.34 Å². The van der Waals surface area contributed by atoms with Crippen molar-refractivity contribution < 1.29 is 19.3 Å². The van der Waals surface area contributed by atoms with Crippen molar-refractivity contribution in [2.45, 2.75) is 19.4 Å². The summed E-state index contributed by atoms with van der Waals surface area (Å²) in [6.45, 7) is 3.30. The minimum Gasteiger partial charge on any atom is -0.395 e. The van der Waals surface area contributed by atoms with E-state index < -0.39 is 7.67 Å². The van der Waals surface area contributed by atoms with Crippen molar-refractivity contribution in [2.24, 2.45) is 0 Å². The first-order valence-corrected chi connectivity index (χ1v) is 9.20. The van der Waals surface area contributed by atoms with Crippen molar-refractivity contribution in [3.8, 4) is 0 Å². The Morgan fingerprint density at radius 3 is 2.50 bits per heavy atom. The number of hydrogen-bond acceptors (Lipinski definition) is 4. The molecule has 1 aromatic rings. The lowest BCUT2D eigenvalue weighted by Gasteiger charge is -2.43. The Labute approximate surface area is 131 Å². The van der Waals surface area contributed by atoms with Crippen molar-refractivity contribution >= 4 is 7.67 Å². The Hall–Kier alpha value is -0.750. The average molecular weight is 328 g/mol. The summed E-state index contributed by atoms with van der Waals surface area (Å²) in [6.07, 6.45) is 0.813. The summed E-state index contributed by atoms with van der Waals surface area (Å²) in [4.78, 5) is 0. The van der Waals surface area contributed by atoms with Gasteiger partial charge in [0.1, 0.15) is 0 Å². The number of aliphatic hydroxyl groups excluding tert-OH is 2. The van der Waals surface area contributed by atoms with E-state index in [1.54, 1.807) is 4.67 Å². The van der Waals surface area contributed by atoms with Gasteiger partial charge < -0.3 is 14.7 Å². The van der Waals surface area contributed by atoms with E-state index in [0.717, 1.165) is 12.0 Å². The van der Waals surface area contributed by atoms with Crippen LogP contribution in [0.4, 0.5) is 0 Å². The molecule has 0 bridgehead atoms. The molecule has 0 saturated carbocycles. The molecule has 2 atom stereocenters. The first-order valence-electron chi connectivity index (χ1n) is 7.67. The third-order valence-electron chi connectivity index (χ3n) is 3.92. The molecule has 0 amide bonds. The number of rotatable bonds is 7. The van der Waals surface area contributed by atoms with Crippen LogP contribution in [0.2, 0.25) is 0 Å². The second-order valence-electron chi connectivity index (χ2n) is 5.33. The van der Waals surface area contributed by atoms with Gasteiger partial charge in [0.05, 0.1) is 19.8 Å². The molecule has 1 aromatic carbocycles. The third-order valence-corrected chi connectivity index (χ3v) is 6.75. The highest BCUT2D eigenvalue weighted by molar-refractivity contribution is 7.54. The van der Waals surface area contributed by atoms with Crippen LogP contribution in [0.25, 0.3) is 0 Å². The molecule has 1 aliphatic rings. The highest BCUT2D eigenvalue weighted by atomic mass is 31.2. The molecule has 0 spiro atoms. The van der Waals surface area contributed by atoms with Gasteiger partial charge in [-0.05, 0) is 18.9 Å². The lowest BCUT2D eigenvalue weighted by Crippen LogP contribution is -2.40. The van der Waals surface area contributed by atoms with Gasteiger partial charge >= 0.3 is 7.67 Å². The zero-order valence-corrected chi connectivity index (χ0v) is 13.9. The van der Waals surface area contributed by atoms with Crippen LogP contribution in [0, 0.1) is 0 Å². The molecule has 2 N–H and O–H groups in total. The molecule has 0 aliphatic carbocycles. The van der Waals surface area contributed by atoms with Crippen molar-refractivity contribution in [1.82, 2.24) is 9.34 Å². The van der Waals surface area contributed by atoms with Gasteiger partial charge in [-0.15, -0.1) is 0 Å². The van der Waals surface area contributed by atoms with Gasteiger partial charge in [-0.3, -0.25) is 4.57 Å². The Bertz CT molecular complexity index is 494. The Morgan fingerprint density at radius 2 is 1.91 bits per heavy atom. The lowest BCUT2D eigenvalue weighted by molar-refractivity contribution is 0.126. The van der Waals surface area contributed by atoms with E-state index in [2.05, 4.69) is 0 Å². The van der Waals surface area contributed by atoms with Gasteiger partial charge in [-0.1, -0.05) is 30.3 Å². The summed E-state index contributed by atoms with van der Waals surface area (Å²) in [7, 11) is -3.24. The Kier molecular flexibility index (Phi) is 6.56. The second kappa shape index (κ2) is 8.20. The standard InChI is InChI=1S/C15H25N2O4P/c1-14(15-6-3-2-4-7-15)17-8-5-13-21-22(17,20)16(9-11-18)10-12-19/h2-4,6-7,14,18-19H,5,8-13H2,1H3/t14-,22+/m0/s1. The van der Waals surface area contributed by atoms with Crippen molar-refractivity contribution in [2.75, 3.05) is 39.5 Å². The SMILES string of the molecule is C[C@@H](c1ccccc1)N1CCCO[P@]1(=O)N(CCO)CCO. The molecule has 2 rings (SSSR count). The summed E-state index contributed by atoms with van der Waals surface area (Å²) in [5.74, 6) is 0. The van der Waals surface area contributed by atoms with Gasteiger partial charge in [0.25, 0.3) is 0 Å². The van der Waals surface area contributed by atoms with Crippen LogP contribution in [0.15, 0.2) is 30.3 Å². The maximum atomic E-state index is 13.5. The van der Waals surface area contributed by atoms with E-state index in [0.29, 0.717) is 13.2 Å². The van der Waals surface area contributed by atoms with Gasteiger partial charge in [0.2, 0.25) is 0 Å². The fourth-order valence-corrected chi connectivity index (χ4v) is 5.42. The largest absolute Gasteiger partial charge is 0.395 e. The number of nitrogens with zero attached hydrogens (tertiary/aromatic N) is 2. The summed E-state index contributed by atoms with van der Waals surface area (Å²) in [5.41, 5.74) is 1.07. The zero-order chi connectivity index (χ0) is 16.0. The third kappa shape index (κ3) is 3.77. The van der Waals surface area contributed by atoms with E-state index in [1.165, 1.54) is 0 Å². The zero-order valence-electron chi connectivity index (χ0n) is 13.0. The molecule has 7 heteroatoms. The van der Waals surface area contributed by atoms with Crippen molar-refractivity contribution in [3.05, 3.63) is 35.9 Å². The Morgan fingerprint density at radius 1 is 1.27 bits per heavy atom. The van der Waals surface area contributed by atoms with Crippen LogP contribution >= 0.6 is 7.67 Å². The topological polar surface area (TPSA) is 73.2 Å². The van der Waals surface area contributed by atoms with Crippen LogP contribution in [0.1, 0.15) is 24.9 Å². The molecule has 0 radical (unpaired) electrons. The average Bonchev–Trinajstić information content (AvgIpc) is 2.55. The molecule has 0 aromatic heterocycles. The molecular weight excluding hydrogens is 303 g/mol. The van der Waals surface area contributed by atoms with Crippen molar-refractivity contribution in [3.63, 3.8) is 0 Å². The van der Waals surface area contributed by atoms with E-state index in [9.17, 15) is 14.8 Å². The van der Waals surface area contributed by atoms with Crippen LogP contribution in [-0.2, 0) is 9.09 Å². The van der Waals surface area contributed by atoms with E-state index in [4.69, 9.17) is 4.52 Å². The molecule has 1 aliphatic heterocycles. The Balaban J connectivity index is 2.28. The van der Waals surface area contributed by atoms with Gasteiger partial charge in [0.15, 0.2) is 0 Å². The van der Waals surface area contributed by atoms with E-state index in [-0.39, 0.29) is 32.3 Å². The number of benzene rings is 1. The lowest BCUT2D eigenvalue weighted by atomic mass is 10.1. The maximum absolute atomic E-state index is 13.5. The summed E-state index contributed by atoms with van der Waals surface area (Å²) < 4.78 is 22.6. The monoisotopic (exact) mass is 328 g/mol. The van der Waals surface area contributed by atoms with Gasteiger partial charge in [-0.2, -0.15) is 0 Å². The van der Waals surface area contributed by atoms with Gasteiger partial charge in [0, 0.05) is 25.7 Å². The molecule has 1 fully saturated rings. The summed E-state index contributed by atoms with van der Waals surface area (Å²) in [6, 6.07) is 9.82. The smallest absolute Gasteiger partial charge is 0.346 e. The minimum atomic E-state index is -3.24. The fourth-order valence-electron chi connectivity index (χ4n) is 2.77. The summed E-state index contributed by atoms with van der Waals surface area (Å²) in [5, 5.41) is 18.5. The molecule has 1 saturated heterocycles. The number of aliphatic hydroxyl groups is 2. The highest BCUT2D eigenvalue weighted by Gasteiger charge is 2.43. The molecule has 0 unspecified atom stereocenters. The van der Waals surface area contributed by atoms with Crippen LogP contribution < -0.4 is 0 Å². The first kappa shape index (κ1) is 17.6. The highest BCUT2D eigenvalue weighted by Crippen LogP contribution is 2.59. The quantitative estimate of drug-likeness (QED) is 0.745. The first-order chi connectivity index (χ1) is 10.6. The predicted molar refractivity (Wildman–Crippen MR) is 85.5 cm³/mol. The van der Waals surface area contributed by atoms with E-state index in [1.807, 2.05) is 41.9 Å². The molecule has 124 valence electrons. The van der Waals surface area contributed by atoms with E-state index >= 15 is 0 Å². The summed E-state index contributed by atoms with van der Waals surface area (Å²) >= 11 is 0. The van der Waals surface area contributed by atoms with Crippen LogP contribution in [0.3, 0.4) is 0 Å². The second-order valence-corrected chi connectivity index (χ2v) is 7.65. The van der Waals surface area contributed by atoms with Crippen LogP contribution in [0.5, 0.6) is 0 Å². The normalized spacial score (nSPS) is 24.5. The molecule has 1 heterocycles. The maximum Gasteiger partial charge on any atom is 0.346 e. The number of hydrogen-bond donors (Lipinski definition) is 2. The predicted octanol–water partition coefficient (Wildman–Crippen LogP) is 1.86.